The Hall–Kier alpha value is -4.27. The van der Waals surface area contributed by atoms with Gasteiger partial charge in [0.25, 0.3) is 0 Å². The number of rotatable bonds is 7. The van der Waals surface area contributed by atoms with E-state index in [1.165, 1.54) is 4.80 Å². The second kappa shape index (κ2) is 8.93. The lowest BCUT2D eigenvalue weighted by molar-refractivity contribution is 0.0976. The van der Waals surface area contributed by atoms with Gasteiger partial charge in [0.15, 0.2) is 5.54 Å². The first-order valence-electron chi connectivity index (χ1n) is 11.2. The van der Waals surface area contributed by atoms with Crippen molar-refractivity contribution in [3.63, 3.8) is 0 Å². The molecule has 0 saturated heterocycles. The molecule has 4 aromatic rings. The average Bonchev–Trinajstić information content (AvgIpc) is 3.34. The molecule has 2 aromatic carbocycles. The van der Waals surface area contributed by atoms with Gasteiger partial charge >= 0.3 is 0 Å². The van der Waals surface area contributed by atoms with Crippen molar-refractivity contribution >= 4 is 10.9 Å². The van der Waals surface area contributed by atoms with Crippen LogP contribution in [0.15, 0.2) is 60.9 Å². The van der Waals surface area contributed by atoms with Crippen LogP contribution in [0.1, 0.15) is 19.3 Å². The molecule has 2 aromatic heterocycles. The number of fused-ring (bicyclic) bond motifs is 1. The van der Waals surface area contributed by atoms with Crippen molar-refractivity contribution in [2.24, 2.45) is 11.7 Å². The minimum atomic E-state index is -0.787. The Morgan fingerprint density at radius 3 is 2.68 bits per heavy atom. The lowest BCUT2D eigenvalue weighted by atomic mass is 9.68. The number of nitriles is 2. The van der Waals surface area contributed by atoms with Gasteiger partial charge in [-0.2, -0.15) is 25.5 Å². The van der Waals surface area contributed by atoms with Gasteiger partial charge in [0.1, 0.15) is 18.1 Å². The van der Waals surface area contributed by atoms with Gasteiger partial charge in [0.05, 0.1) is 23.9 Å². The van der Waals surface area contributed by atoms with Gasteiger partial charge in [-0.05, 0) is 60.2 Å². The number of hydrogen-bond acceptors (Lipinski definition) is 7. The van der Waals surface area contributed by atoms with E-state index in [1.54, 1.807) is 12.4 Å². The van der Waals surface area contributed by atoms with Gasteiger partial charge < -0.3 is 10.5 Å². The van der Waals surface area contributed by atoms with Crippen molar-refractivity contribution in [2.75, 3.05) is 13.2 Å². The molecule has 5 rings (SSSR count). The van der Waals surface area contributed by atoms with Crippen LogP contribution in [0.25, 0.3) is 33.3 Å². The molecule has 168 valence electrons. The second-order valence-electron chi connectivity index (χ2n) is 8.55. The molecule has 0 unspecified atom stereocenters. The molecular weight excluding hydrogens is 426 g/mol. The predicted molar refractivity (Wildman–Crippen MR) is 127 cm³/mol. The minimum Gasteiger partial charge on any atom is -0.492 e. The first kappa shape index (κ1) is 21.6. The molecule has 1 aliphatic carbocycles. The molecule has 2 heterocycles. The summed E-state index contributed by atoms with van der Waals surface area (Å²) in [5.74, 6) is 0.984. The molecule has 0 amide bonds. The van der Waals surface area contributed by atoms with E-state index in [0.717, 1.165) is 33.3 Å². The summed E-state index contributed by atoms with van der Waals surface area (Å²) in [7, 11) is 0. The first-order chi connectivity index (χ1) is 16.7. The molecule has 0 radical (unpaired) electrons. The van der Waals surface area contributed by atoms with Gasteiger partial charge in [-0.25, -0.2) is 0 Å². The smallest absolute Gasteiger partial charge is 0.168 e. The van der Waals surface area contributed by atoms with E-state index in [-0.39, 0.29) is 5.92 Å². The highest BCUT2D eigenvalue weighted by molar-refractivity contribution is 5.97. The molecule has 1 saturated carbocycles. The first-order valence-corrected chi connectivity index (χ1v) is 11.2. The van der Waals surface area contributed by atoms with Crippen molar-refractivity contribution < 1.29 is 4.74 Å². The van der Waals surface area contributed by atoms with Crippen LogP contribution in [0.2, 0.25) is 0 Å². The Labute approximate surface area is 197 Å². The number of nitrogens with zero attached hydrogens (tertiary/aromatic N) is 6. The third-order valence-corrected chi connectivity index (χ3v) is 6.29. The van der Waals surface area contributed by atoms with E-state index in [0.29, 0.717) is 38.1 Å². The largest absolute Gasteiger partial charge is 0.492 e. The van der Waals surface area contributed by atoms with Crippen molar-refractivity contribution in [3.8, 4) is 40.3 Å². The number of pyridine rings is 1. The van der Waals surface area contributed by atoms with E-state index < -0.39 is 5.54 Å². The summed E-state index contributed by atoms with van der Waals surface area (Å²) >= 11 is 0. The molecular formula is C26H23N7O. The summed E-state index contributed by atoms with van der Waals surface area (Å²) in [6.45, 7) is 0.939. The highest BCUT2D eigenvalue weighted by Crippen LogP contribution is 2.44. The SMILES string of the molecule is N#CCC1CC(C#N)(n2ncc(-c3cc(-c4ccc(OCCN)cc4)cc4ncccc34)n2)C1. The molecule has 34 heavy (non-hydrogen) atoms. The van der Waals surface area contributed by atoms with E-state index in [2.05, 4.69) is 28.3 Å². The highest BCUT2D eigenvalue weighted by Gasteiger charge is 2.48. The normalized spacial score (nSPS) is 19.2. The van der Waals surface area contributed by atoms with E-state index >= 15 is 0 Å². The molecule has 1 fully saturated rings. The van der Waals surface area contributed by atoms with Gasteiger partial charge in [-0.1, -0.05) is 18.2 Å². The maximum absolute atomic E-state index is 9.84. The van der Waals surface area contributed by atoms with Crippen LogP contribution in [0, 0.1) is 28.6 Å². The van der Waals surface area contributed by atoms with Crippen molar-refractivity contribution in [1.82, 2.24) is 20.0 Å². The Bertz CT molecular complexity index is 1410. The lowest BCUT2D eigenvalue weighted by Crippen LogP contribution is -2.46. The zero-order valence-electron chi connectivity index (χ0n) is 18.6. The molecule has 8 heteroatoms. The number of benzene rings is 2. The standard InChI is InChI=1S/C26H23N7O/c27-8-7-18-14-26(15-18,17-29)33-31-16-25(32-33)23-12-20(13-24-22(23)2-1-10-30-24)19-3-5-21(6-4-19)34-11-9-28/h1-6,10,12-13,16,18H,7,9,11,14-15,28H2. The molecule has 0 spiro atoms. The summed E-state index contributed by atoms with van der Waals surface area (Å²) < 4.78 is 5.59. The predicted octanol–water partition coefficient (Wildman–Crippen LogP) is 4.04. The third-order valence-electron chi connectivity index (χ3n) is 6.29. The average molecular weight is 450 g/mol. The van der Waals surface area contributed by atoms with Crippen molar-refractivity contribution in [3.05, 3.63) is 60.9 Å². The Morgan fingerprint density at radius 1 is 1.12 bits per heavy atom. The minimum absolute atomic E-state index is 0.212. The van der Waals surface area contributed by atoms with Gasteiger partial charge in [0, 0.05) is 30.1 Å². The van der Waals surface area contributed by atoms with E-state index in [9.17, 15) is 5.26 Å². The highest BCUT2D eigenvalue weighted by atomic mass is 16.5. The fourth-order valence-corrected chi connectivity index (χ4v) is 4.54. The molecule has 0 bridgehead atoms. The van der Waals surface area contributed by atoms with Crippen LogP contribution in [-0.2, 0) is 5.54 Å². The topological polar surface area (TPSA) is 126 Å². The monoisotopic (exact) mass is 449 g/mol. The maximum atomic E-state index is 9.84. The van der Waals surface area contributed by atoms with E-state index in [4.69, 9.17) is 20.8 Å². The van der Waals surface area contributed by atoms with Crippen molar-refractivity contribution in [2.45, 2.75) is 24.8 Å². The van der Waals surface area contributed by atoms with Crippen LogP contribution in [0.4, 0.5) is 0 Å². The quantitative estimate of drug-likeness (QED) is 0.451. The Balaban J connectivity index is 1.52. The fraction of sp³-hybridized carbons (Fsp3) is 0.269. The van der Waals surface area contributed by atoms with Gasteiger partial charge in [-0.3, -0.25) is 4.98 Å². The molecule has 2 N–H and O–H groups in total. The summed E-state index contributed by atoms with van der Waals surface area (Å²) in [5, 5.41) is 28.9. The fourth-order valence-electron chi connectivity index (χ4n) is 4.54. The second-order valence-corrected chi connectivity index (χ2v) is 8.55. The number of aromatic nitrogens is 4. The molecule has 1 aliphatic rings. The summed E-state index contributed by atoms with van der Waals surface area (Å²) in [5.41, 5.74) is 9.17. The summed E-state index contributed by atoms with van der Waals surface area (Å²) in [6, 6.07) is 20.5. The summed E-state index contributed by atoms with van der Waals surface area (Å²) in [6.07, 6.45) is 5.10. The van der Waals surface area contributed by atoms with Crippen LogP contribution in [0.3, 0.4) is 0 Å². The van der Waals surface area contributed by atoms with Crippen LogP contribution >= 0.6 is 0 Å². The van der Waals surface area contributed by atoms with Crippen molar-refractivity contribution in [1.29, 1.82) is 10.5 Å². The van der Waals surface area contributed by atoms with Crippen LogP contribution in [0.5, 0.6) is 5.75 Å². The molecule has 0 atom stereocenters. The molecule has 8 nitrogen and oxygen atoms in total. The van der Waals surface area contributed by atoms with E-state index in [1.807, 2.05) is 42.5 Å². The Kier molecular flexibility index (Phi) is 5.67. The zero-order valence-corrected chi connectivity index (χ0v) is 18.6. The van der Waals surface area contributed by atoms with Gasteiger partial charge in [-0.15, -0.1) is 0 Å². The third kappa shape index (κ3) is 3.85. The number of ether oxygens (including phenoxy) is 1. The molecule has 0 aliphatic heterocycles. The number of nitrogens with two attached hydrogens (primary N) is 1. The van der Waals surface area contributed by atoms with Crippen LogP contribution < -0.4 is 10.5 Å². The Morgan fingerprint density at radius 2 is 1.94 bits per heavy atom. The lowest BCUT2D eigenvalue weighted by Gasteiger charge is -2.40. The maximum Gasteiger partial charge on any atom is 0.168 e. The number of hydrogen-bond donors (Lipinski definition) is 1. The van der Waals surface area contributed by atoms with Gasteiger partial charge in [0.2, 0.25) is 0 Å². The zero-order chi connectivity index (χ0) is 23.5. The summed E-state index contributed by atoms with van der Waals surface area (Å²) in [4.78, 5) is 6.09. The van der Waals surface area contributed by atoms with Crippen LogP contribution in [-0.4, -0.2) is 33.1 Å².